The van der Waals surface area contributed by atoms with Gasteiger partial charge in [0.25, 0.3) is 0 Å². The van der Waals surface area contributed by atoms with Gasteiger partial charge in [0, 0.05) is 6.42 Å². The number of aliphatic carboxylic acids is 1. The molecule has 1 radical (unpaired) electrons. The molecular weight excluding hydrogens is 122 g/mol. The van der Waals surface area contributed by atoms with Crippen LogP contribution in [-0.2, 0) is 9.59 Å². The highest BCUT2D eigenvalue weighted by Crippen LogP contribution is 1.90. The molecule has 0 aromatic rings. The minimum atomic E-state index is -1.08. The largest absolute Gasteiger partial charge is 0.480 e. The van der Waals surface area contributed by atoms with Crippen LogP contribution in [0.15, 0.2) is 0 Å². The lowest BCUT2D eigenvalue weighted by molar-refractivity contribution is -0.138. The van der Waals surface area contributed by atoms with Crippen LogP contribution in [0, 0.1) is 0 Å². The molecule has 0 aliphatic rings. The summed E-state index contributed by atoms with van der Waals surface area (Å²) in [7, 11) is 0. The third-order valence-electron chi connectivity index (χ3n) is 0.875. The van der Waals surface area contributed by atoms with Crippen LogP contribution in [-0.4, -0.2) is 23.4 Å². The van der Waals surface area contributed by atoms with Gasteiger partial charge in [0.2, 0.25) is 0 Å². The van der Waals surface area contributed by atoms with E-state index in [-0.39, 0.29) is 12.8 Å². The smallest absolute Gasteiger partial charge is 0.320 e. The summed E-state index contributed by atoms with van der Waals surface area (Å²) in [5, 5.41) is 8.15. The van der Waals surface area contributed by atoms with Crippen LogP contribution in [0.4, 0.5) is 0 Å². The van der Waals surface area contributed by atoms with Gasteiger partial charge in [0.05, 0.1) is 0 Å². The van der Waals surface area contributed by atoms with Crippen LogP contribution < -0.4 is 5.73 Å². The molecule has 0 aliphatic carbocycles. The second-order valence-electron chi connectivity index (χ2n) is 1.63. The topological polar surface area (TPSA) is 80.4 Å². The summed E-state index contributed by atoms with van der Waals surface area (Å²) in [6, 6.07) is -0.925. The van der Waals surface area contributed by atoms with Crippen molar-refractivity contribution in [2.45, 2.75) is 18.9 Å². The van der Waals surface area contributed by atoms with Crippen LogP contribution in [0.25, 0.3) is 0 Å². The van der Waals surface area contributed by atoms with Crippen molar-refractivity contribution >= 4 is 12.3 Å². The second-order valence-corrected chi connectivity index (χ2v) is 1.63. The van der Waals surface area contributed by atoms with E-state index in [1.54, 1.807) is 6.29 Å². The second kappa shape index (κ2) is 4.03. The van der Waals surface area contributed by atoms with Crippen molar-refractivity contribution in [1.82, 2.24) is 0 Å². The Morgan fingerprint density at radius 2 is 2.33 bits per heavy atom. The highest BCUT2D eigenvalue weighted by molar-refractivity contribution is 5.73. The molecule has 0 fully saturated rings. The van der Waals surface area contributed by atoms with Gasteiger partial charge >= 0.3 is 5.97 Å². The summed E-state index contributed by atoms with van der Waals surface area (Å²) in [4.78, 5) is 19.5. The summed E-state index contributed by atoms with van der Waals surface area (Å²) >= 11 is 0. The predicted octanol–water partition coefficient (Wildman–Crippen LogP) is -0.712. The molecule has 0 heterocycles. The third-order valence-corrected chi connectivity index (χ3v) is 0.875. The number of hydrogen-bond donors (Lipinski definition) is 2. The number of rotatable bonds is 4. The number of carbonyl (C=O) groups excluding carboxylic acids is 1. The van der Waals surface area contributed by atoms with E-state index in [1.165, 1.54) is 0 Å². The number of hydrogen-bond acceptors (Lipinski definition) is 3. The molecule has 0 unspecified atom stereocenters. The quantitative estimate of drug-likeness (QED) is 0.526. The van der Waals surface area contributed by atoms with Gasteiger partial charge in [-0.1, -0.05) is 0 Å². The number of nitrogens with two attached hydrogens (primary N) is 1. The minimum absolute atomic E-state index is 0.0907. The van der Waals surface area contributed by atoms with Crippen LogP contribution >= 0.6 is 0 Å². The number of carboxylic acid groups (broad SMARTS) is 1. The molecule has 3 N–H and O–H groups in total. The lowest BCUT2D eigenvalue weighted by atomic mass is 10.2. The Morgan fingerprint density at radius 1 is 1.78 bits per heavy atom. The summed E-state index contributed by atoms with van der Waals surface area (Å²) in [5.74, 6) is -1.08. The Kier molecular flexibility index (Phi) is 3.62. The van der Waals surface area contributed by atoms with Crippen molar-refractivity contribution in [2.75, 3.05) is 0 Å². The molecule has 0 saturated carbocycles. The van der Waals surface area contributed by atoms with Crippen LogP contribution in [0.2, 0.25) is 0 Å². The molecule has 0 aromatic carbocycles. The van der Waals surface area contributed by atoms with Crippen molar-refractivity contribution in [2.24, 2.45) is 5.73 Å². The van der Waals surface area contributed by atoms with Gasteiger partial charge < -0.3 is 10.8 Å². The fraction of sp³-hybridized carbons (Fsp3) is 0.600. The van der Waals surface area contributed by atoms with Gasteiger partial charge in [-0.15, -0.1) is 0 Å². The summed E-state index contributed by atoms with van der Waals surface area (Å²) in [6.07, 6.45) is 1.82. The van der Waals surface area contributed by atoms with E-state index in [9.17, 15) is 9.59 Å². The van der Waals surface area contributed by atoms with Gasteiger partial charge in [-0.05, 0) is 6.42 Å². The first-order valence-corrected chi connectivity index (χ1v) is 2.52. The molecule has 9 heavy (non-hydrogen) atoms. The van der Waals surface area contributed by atoms with Crippen molar-refractivity contribution in [1.29, 1.82) is 0 Å². The zero-order chi connectivity index (χ0) is 7.28. The fourth-order valence-electron chi connectivity index (χ4n) is 0.338. The minimum Gasteiger partial charge on any atom is -0.480 e. The Morgan fingerprint density at radius 3 is 2.67 bits per heavy atom. The van der Waals surface area contributed by atoms with Crippen LogP contribution in [0.5, 0.6) is 0 Å². The van der Waals surface area contributed by atoms with E-state index < -0.39 is 12.0 Å². The van der Waals surface area contributed by atoms with E-state index in [0.717, 1.165) is 0 Å². The van der Waals surface area contributed by atoms with E-state index in [2.05, 4.69) is 0 Å². The van der Waals surface area contributed by atoms with Gasteiger partial charge in [-0.3, -0.25) is 9.59 Å². The molecule has 1 atom stereocenters. The highest BCUT2D eigenvalue weighted by Gasteiger charge is 2.09. The Balaban J connectivity index is 3.37. The SMILES string of the molecule is N[C@H](CC[C]=O)C(=O)O. The Bertz CT molecular complexity index is 113. The van der Waals surface area contributed by atoms with Gasteiger partial charge in [-0.2, -0.15) is 0 Å². The summed E-state index contributed by atoms with van der Waals surface area (Å²) in [6.45, 7) is 0. The highest BCUT2D eigenvalue weighted by atomic mass is 16.4. The Hall–Kier alpha value is -0.900. The van der Waals surface area contributed by atoms with Crippen LogP contribution in [0.1, 0.15) is 12.8 Å². The summed E-state index contributed by atoms with van der Waals surface area (Å²) in [5.41, 5.74) is 5.02. The lowest BCUT2D eigenvalue weighted by Crippen LogP contribution is -2.29. The molecule has 0 spiro atoms. The molecule has 4 nitrogen and oxygen atoms in total. The zero-order valence-electron chi connectivity index (χ0n) is 4.83. The van der Waals surface area contributed by atoms with E-state index in [0.29, 0.717) is 0 Å². The monoisotopic (exact) mass is 130 g/mol. The first-order chi connectivity index (χ1) is 4.18. The summed E-state index contributed by atoms with van der Waals surface area (Å²) < 4.78 is 0. The predicted molar refractivity (Wildman–Crippen MR) is 30.5 cm³/mol. The third kappa shape index (κ3) is 3.66. The van der Waals surface area contributed by atoms with Crippen LogP contribution in [0.3, 0.4) is 0 Å². The molecule has 4 heteroatoms. The number of carbonyl (C=O) groups is 1. The maximum absolute atomic E-state index is 9.95. The van der Waals surface area contributed by atoms with Crippen molar-refractivity contribution in [3.63, 3.8) is 0 Å². The molecule has 0 rings (SSSR count). The van der Waals surface area contributed by atoms with Gasteiger partial charge in [0.15, 0.2) is 6.29 Å². The van der Waals surface area contributed by atoms with E-state index in [1.807, 2.05) is 0 Å². The van der Waals surface area contributed by atoms with E-state index in [4.69, 9.17) is 10.8 Å². The molecular formula is C5H8NO3. The van der Waals surface area contributed by atoms with E-state index >= 15 is 0 Å². The zero-order valence-corrected chi connectivity index (χ0v) is 4.83. The van der Waals surface area contributed by atoms with Crippen molar-refractivity contribution < 1.29 is 14.7 Å². The maximum atomic E-state index is 9.95. The first kappa shape index (κ1) is 8.10. The molecule has 0 amide bonds. The van der Waals surface area contributed by atoms with Gasteiger partial charge in [-0.25, -0.2) is 0 Å². The van der Waals surface area contributed by atoms with Crippen molar-refractivity contribution in [3.05, 3.63) is 0 Å². The normalized spacial score (nSPS) is 12.6. The molecule has 0 aliphatic heterocycles. The van der Waals surface area contributed by atoms with Crippen molar-refractivity contribution in [3.8, 4) is 0 Å². The maximum Gasteiger partial charge on any atom is 0.320 e. The molecule has 0 saturated heterocycles. The average molecular weight is 130 g/mol. The molecule has 0 bridgehead atoms. The number of carboxylic acids is 1. The molecule has 0 aromatic heterocycles. The van der Waals surface area contributed by atoms with Gasteiger partial charge in [0.1, 0.15) is 6.04 Å². The average Bonchev–Trinajstić information content (AvgIpc) is 1.82. The standard InChI is InChI=1S/C5H8NO3/c6-4(5(8)9)2-1-3-7/h4H,1-2,6H2,(H,8,9)/t4-/m1/s1. The first-order valence-electron chi connectivity index (χ1n) is 2.52. The lowest BCUT2D eigenvalue weighted by Gasteiger charge is -1.99. The fourth-order valence-corrected chi connectivity index (χ4v) is 0.338. The molecule has 51 valence electrons. The Labute approximate surface area is 52.7 Å².